The van der Waals surface area contributed by atoms with E-state index in [1.165, 1.54) is 22.3 Å². The number of dihydropyridines is 1. The van der Waals surface area contributed by atoms with Crippen molar-refractivity contribution in [2.24, 2.45) is 0 Å². The van der Waals surface area contributed by atoms with Gasteiger partial charge < -0.3 is 19.9 Å². The third-order valence-electron chi connectivity index (χ3n) is 7.74. The lowest BCUT2D eigenvalue weighted by molar-refractivity contribution is -0.142. The summed E-state index contributed by atoms with van der Waals surface area (Å²) in [6.45, 7) is 18.6. The van der Waals surface area contributed by atoms with Gasteiger partial charge in [0.2, 0.25) is 0 Å². The highest BCUT2D eigenvalue weighted by molar-refractivity contribution is 6.00. The number of hydrogen-bond acceptors (Lipinski definition) is 6. The maximum Gasteiger partial charge on any atom is 0.310 e. The number of hydrogen-bond donors (Lipinski definition) is 2. The van der Waals surface area contributed by atoms with Crippen LogP contribution in [-0.4, -0.2) is 35.7 Å². The van der Waals surface area contributed by atoms with Crippen LogP contribution in [0.25, 0.3) is 0 Å². The summed E-state index contributed by atoms with van der Waals surface area (Å²) in [5, 5.41) is 13.5. The van der Waals surface area contributed by atoms with E-state index in [0.717, 1.165) is 28.1 Å². The van der Waals surface area contributed by atoms with Gasteiger partial charge in [-0.1, -0.05) is 55.8 Å². The number of Topliss-reactive ketones (excluding diaryl/α,β-unsaturated/α-hetero) is 1. The number of carbonyl (C=O) groups is 2. The highest BCUT2D eigenvalue weighted by Crippen LogP contribution is 2.47. The largest absolute Gasteiger partial charge is 0.466 e. The average Bonchev–Trinajstić information content (AvgIpc) is 2.92. The summed E-state index contributed by atoms with van der Waals surface area (Å²) in [5.41, 5.74) is 9.27. The fraction of sp³-hybridized carbons (Fsp3) is 0.500. The number of nitrogens with one attached hydrogen (secondary N) is 1. The van der Waals surface area contributed by atoms with Gasteiger partial charge in [-0.3, -0.25) is 9.59 Å². The molecule has 0 bridgehead atoms. The Hall–Kier alpha value is -3.22. The molecule has 42 heavy (non-hydrogen) atoms. The molecule has 0 spiro atoms. The number of aryl methyl sites for hydroxylation is 3. The van der Waals surface area contributed by atoms with Crippen molar-refractivity contribution in [3.63, 3.8) is 0 Å². The first-order chi connectivity index (χ1) is 19.9. The fourth-order valence-electron chi connectivity index (χ4n) is 6.27. The normalized spacial score (nSPS) is 18.7. The van der Waals surface area contributed by atoms with Gasteiger partial charge in [0.05, 0.1) is 31.8 Å². The number of ketones is 1. The van der Waals surface area contributed by atoms with Crippen LogP contribution in [0.5, 0.6) is 0 Å². The van der Waals surface area contributed by atoms with Crippen LogP contribution < -0.4 is 5.32 Å². The number of rotatable bonds is 8. The minimum Gasteiger partial charge on any atom is -0.466 e. The van der Waals surface area contributed by atoms with Gasteiger partial charge in [0.25, 0.3) is 0 Å². The Morgan fingerprint density at radius 1 is 1.05 bits per heavy atom. The van der Waals surface area contributed by atoms with E-state index in [2.05, 4.69) is 38.2 Å². The van der Waals surface area contributed by atoms with E-state index < -0.39 is 11.5 Å². The molecule has 2 unspecified atom stereocenters. The van der Waals surface area contributed by atoms with Gasteiger partial charge >= 0.3 is 5.97 Å². The van der Waals surface area contributed by atoms with Crippen molar-refractivity contribution in [1.82, 2.24) is 5.32 Å². The Balaban J connectivity index is 0.00000237. The Morgan fingerprint density at radius 2 is 1.71 bits per heavy atom. The molecule has 0 saturated heterocycles. The summed E-state index contributed by atoms with van der Waals surface area (Å²) in [5.74, 6) is -0.638. The zero-order valence-electron chi connectivity index (χ0n) is 26.9. The summed E-state index contributed by atoms with van der Waals surface area (Å²) in [7, 11) is 0. The summed E-state index contributed by atoms with van der Waals surface area (Å²) in [6, 6.07) is 12.0. The molecule has 6 heteroatoms. The predicted molar refractivity (Wildman–Crippen MR) is 168 cm³/mol. The molecule has 1 heterocycles. The van der Waals surface area contributed by atoms with E-state index in [-0.39, 0.29) is 43.9 Å². The van der Waals surface area contributed by atoms with Crippen LogP contribution in [0.4, 0.5) is 0 Å². The zero-order chi connectivity index (χ0) is 31.2. The minimum atomic E-state index is -0.431. The van der Waals surface area contributed by atoms with Crippen molar-refractivity contribution in [3.05, 3.63) is 92.3 Å². The molecule has 1 aliphatic carbocycles. The first-order valence-corrected chi connectivity index (χ1v) is 15.2. The van der Waals surface area contributed by atoms with Gasteiger partial charge in [-0.25, -0.2) is 0 Å². The lowest BCUT2D eigenvalue weighted by Gasteiger charge is -2.39. The van der Waals surface area contributed by atoms with Crippen LogP contribution in [0.3, 0.4) is 0 Å². The summed E-state index contributed by atoms with van der Waals surface area (Å²) in [6.07, 6.45) is 1.14. The molecule has 2 aromatic rings. The second-order valence-corrected chi connectivity index (χ2v) is 12.1. The standard InChI is InChI=1S/C34H43NO5.C2H6/c1-8-39-30(38)17-26-28(19-40-34(5,6)7)35-27-15-25(31-21(3)12-20(2)13-22(31)4)16-29(37)33(27)32(26)24-11-9-10-23(14-24)18-36;1-2/h9-14,25,32,35-36H,8,15-19H2,1-7H3;1-2H3. The van der Waals surface area contributed by atoms with E-state index in [1.807, 2.05) is 58.9 Å². The van der Waals surface area contributed by atoms with Crippen LogP contribution in [0.2, 0.25) is 0 Å². The van der Waals surface area contributed by atoms with Crippen molar-refractivity contribution in [2.45, 2.75) is 106 Å². The third-order valence-corrected chi connectivity index (χ3v) is 7.74. The SMILES string of the molecule is CC.CCOC(=O)CC1=C(COC(C)(C)C)NC2=C(C(=O)CC(c3c(C)cc(C)cc3C)C2)C1c1cccc(CO)c1. The van der Waals surface area contributed by atoms with Gasteiger partial charge in [0, 0.05) is 29.3 Å². The Morgan fingerprint density at radius 3 is 2.31 bits per heavy atom. The highest BCUT2D eigenvalue weighted by atomic mass is 16.5. The van der Waals surface area contributed by atoms with E-state index >= 15 is 0 Å². The monoisotopic (exact) mass is 575 g/mol. The summed E-state index contributed by atoms with van der Waals surface area (Å²) < 4.78 is 11.6. The number of esters is 1. The van der Waals surface area contributed by atoms with Crippen molar-refractivity contribution in [2.75, 3.05) is 13.2 Å². The smallest absolute Gasteiger partial charge is 0.310 e. The predicted octanol–water partition coefficient (Wildman–Crippen LogP) is 7.24. The molecule has 0 fully saturated rings. The van der Waals surface area contributed by atoms with Crippen LogP contribution in [-0.2, 0) is 25.7 Å². The molecule has 0 amide bonds. The second kappa shape index (κ2) is 14.3. The average molecular weight is 576 g/mol. The minimum absolute atomic E-state index is 0.0430. The van der Waals surface area contributed by atoms with Crippen molar-refractivity contribution in [1.29, 1.82) is 0 Å². The quantitative estimate of drug-likeness (QED) is 0.323. The van der Waals surface area contributed by atoms with Gasteiger partial charge in [0.15, 0.2) is 5.78 Å². The topological polar surface area (TPSA) is 84.9 Å². The first kappa shape index (κ1) is 33.3. The molecule has 2 aromatic carbocycles. The Labute approximate surface area is 252 Å². The van der Waals surface area contributed by atoms with E-state index in [0.29, 0.717) is 18.4 Å². The van der Waals surface area contributed by atoms with E-state index in [4.69, 9.17) is 9.47 Å². The summed E-state index contributed by atoms with van der Waals surface area (Å²) >= 11 is 0. The third kappa shape index (κ3) is 7.78. The van der Waals surface area contributed by atoms with Crippen molar-refractivity contribution < 1.29 is 24.2 Å². The van der Waals surface area contributed by atoms with Crippen LogP contribution >= 0.6 is 0 Å². The van der Waals surface area contributed by atoms with Gasteiger partial charge in [0.1, 0.15) is 0 Å². The number of ether oxygens (including phenoxy) is 2. The zero-order valence-corrected chi connectivity index (χ0v) is 26.9. The van der Waals surface area contributed by atoms with E-state index in [1.54, 1.807) is 6.92 Å². The number of benzene rings is 2. The molecule has 2 aliphatic rings. The molecule has 228 valence electrons. The molecule has 4 rings (SSSR count). The number of allylic oxidation sites excluding steroid dienone is 2. The number of aliphatic hydroxyl groups is 1. The van der Waals surface area contributed by atoms with Gasteiger partial charge in [-0.2, -0.15) is 0 Å². The first-order valence-electron chi connectivity index (χ1n) is 15.2. The molecule has 0 saturated carbocycles. The molecular weight excluding hydrogens is 526 g/mol. The van der Waals surface area contributed by atoms with Crippen LogP contribution in [0.15, 0.2) is 58.9 Å². The maximum absolute atomic E-state index is 14.1. The molecule has 2 N–H and O–H groups in total. The maximum atomic E-state index is 14.1. The molecule has 2 atom stereocenters. The Bertz CT molecular complexity index is 1340. The van der Waals surface area contributed by atoms with Crippen molar-refractivity contribution >= 4 is 11.8 Å². The van der Waals surface area contributed by atoms with E-state index in [9.17, 15) is 14.7 Å². The van der Waals surface area contributed by atoms with Crippen molar-refractivity contribution in [3.8, 4) is 0 Å². The lowest BCUT2D eigenvalue weighted by Crippen LogP contribution is -2.37. The number of carbonyl (C=O) groups excluding carboxylic acids is 2. The number of aliphatic hydroxyl groups excluding tert-OH is 1. The summed E-state index contributed by atoms with van der Waals surface area (Å²) in [4.78, 5) is 27.0. The molecule has 6 nitrogen and oxygen atoms in total. The molecule has 0 radical (unpaired) electrons. The molecular formula is C36H49NO5. The van der Waals surface area contributed by atoms with Gasteiger partial charge in [-0.15, -0.1) is 0 Å². The second-order valence-electron chi connectivity index (χ2n) is 12.1. The van der Waals surface area contributed by atoms with Crippen LogP contribution in [0, 0.1) is 20.8 Å². The lowest BCUT2D eigenvalue weighted by atomic mass is 9.70. The fourth-order valence-corrected chi connectivity index (χ4v) is 6.27. The Kier molecular flexibility index (Phi) is 11.3. The molecule has 1 aliphatic heterocycles. The van der Waals surface area contributed by atoms with Gasteiger partial charge in [-0.05, 0) is 94.2 Å². The highest BCUT2D eigenvalue weighted by Gasteiger charge is 2.41. The molecule has 0 aromatic heterocycles. The van der Waals surface area contributed by atoms with Crippen LogP contribution in [0.1, 0.15) is 106 Å².